The van der Waals surface area contributed by atoms with E-state index in [9.17, 15) is 0 Å². The predicted octanol–water partition coefficient (Wildman–Crippen LogP) is 2.62. The highest BCUT2D eigenvalue weighted by atomic mass is 79.9. The Bertz CT molecular complexity index is 510. The predicted molar refractivity (Wildman–Crippen MR) is 71.0 cm³/mol. The molecule has 1 heterocycles. The fourth-order valence-electron chi connectivity index (χ4n) is 1.47. The lowest BCUT2D eigenvalue weighted by atomic mass is 10.2. The molecule has 0 amide bonds. The van der Waals surface area contributed by atoms with Crippen molar-refractivity contribution in [2.45, 2.75) is 13.5 Å². The van der Waals surface area contributed by atoms with E-state index in [1.165, 1.54) is 0 Å². The summed E-state index contributed by atoms with van der Waals surface area (Å²) in [7, 11) is 0. The lowest BCUT2D eigenvalue weighted by Gasteiger charge is -2.07. The van der Waals surface area contributed by atoms with E-state index >= 15 is 0 Å². The summed E-state index contributed by atoms with van der Waals surface area (Å²) in [5, 5.41) is 4.08. The summed E-state index contributed by atoms with van der Waals surface area (Å²) in [4.78, 5) is 0. The minimum absolute atomic E-state index is 0.532. The van der Waals surface area contributed by atoms with Gasteiger partial charge in [-0.1, -0.05) is 15.9 Å². The normalized spacial score (nSPS) is 10.5. The van der Waals surface area contributed by atoms with Crippen molar-refractivity contribution in [3.63, 3.8) is 0 Å². The molecule has 90 valence electrons. The zero-order valence-corrected chi connectivity index (χ0v) is 11.1. The van der Waals surface area contributed by atoms with E-state index in [0.29, 0.717) is 19.0 Å². The van der Waals surface area contributed by atoms with Gasteiger partial charge in [-0.3, -0.25) is 4.68 Å². The number of aromatic nitrogens is 2. The topological polar surface area (TPSA) is 53.1 Å². The summed E-state index contributed by atoms with van der Waals surface area (Å²) >= 11 is 3.45. The fourth-order valence-corrected chi connectivity index (χ4v) is 1.71. The van der Waals surface area contributed by atoms with Gasteiger partial charge in [0.1, 0.15) is 18.2 Å². The molecule has 0 spiro atoms. The van der Waals surface area contributed by atoms with Gasteiger partial charge in [-0.2, -0.15) is 5.10 Å². The van der Waals surface area contributed by atoms with Crippen LogP contribution in [0.5, 0.6) is 5.75 Å². The molecule has 0 aliphatic heterocycles. The van der Waals surface area contributed by atoms with Gasteiger partial charge in [0.05, 0.1) is 6.54 Å². The highest BCUT2D eigenvalue weighted by molar-refractivity contribution is 9.10. The number of benzene rings is 1. The van der Waals surface area contributed by atoms with E-state index < -0.39 is 0 Å². The molecule has 0 saturated carbocycles. The summed E-state index contributed by atoms with van der Waals surface area (Å²) < 4.78 is 8.49. The molecule has 0 fully saturated rings. The molecule has 0 radical (unpaired) electrons. The molecule has 2 rings (SSSR count). The molecule has 0 aliphatic rings. The summed E-state index contributed by atoms with van der Waals surface area (Å²) in [6.07, 6.45) is 1.84. The second-order valence-corrected chi connectivity index (χ2v) is 4.62. The third kappa shape index (κ3) is 3.23. The third-order valence-electron chi connectivity index (χ3n) is 2.38. The van der Waals surface area contributed by atoms with E-state index in [-0.39, 0.29) is 0 Å². The number of aryl methyl sites for hydroxylation is 1. The van der Waals surface area contributed by atoms with Crippen molar-refractivity contribution < 1.29 is 4.74 Å². The van der Waals surface area contributed by atoms with Crippen molar-refractivity contribution in [2.24, 2.45) is 0 Å². The number of hydrogen-bond acceptors (Lipinski definition) is 3. The van der Waals surface area contributed by atoms with E-state index in [1.807, 2.05) is 31.3 Å². The highest BCUT2D eigenvalue weighted by Crippen LogP contribution is 2.21. The molecule has 0 aliphatic carbocycles. The number of anilines is 1. The van der Waals surface area contributed by atoms with E-state index in [4.69, 9.17) is 10.5 Å². The smallest absolute Gasteiger partial charge is 0.145 e. The Balaban J connectivity index is 1.87. The van der Waals surface area contributed by atoms with Crippen LogP contribution in [0.3, 0.4) is 0 Å². The Kier molecular flexibility index (Phi) is 3.68. The molecule has 0 bridgehead atoms. The zero-order valence-electron chi connectivity index (χ0n) is 9.56. The molecular formula is C12H14BrN3O. The Morgan fingerprint density at radius 2 is 2.24 bits per heavy atom. The van der Waals surface area contributed by atoms with Crippen molar-refractivity contribution in [2.75, 3.05) is 12.3 Å². The summed E-state index contributed by atoms with van der Waals surface area (Å²) in [5.74, 6) is 1.40. The molecule has 0 atom stereocenters. The third-order valence-corrected chi connectivity index (χ3v) is 3.27. The second kappa shape index (κ2) is 5.23. The van der Waals surface area contributed by atoms with E-state index in [2.05, 4.69) is 21.0 Å². The molecule has 0 saturated heterocycles. The molecule has 2 aromatic rings. The zero-order chi connectivity index (χ0) is 12.3. The van der Waals surface area contributed by atoms with Crippen molar-refractivity contribution in [3.05, 3.63) is 40.5 Å². The first-order chi connectivity index (χ1) is 8.15. The molecular weight excluding hydrogens is 282 g/mol. The maximum atomic E-state index is 5.63. The molecule has 4 nitrogen and oxygen atoms in total. The number of nitrogens with zero attached hydrogens (tertiary/aromatic N) is 2. The van der Waals surface area contributed by atoms with Crippen LogP contribution >= 0.6 is 15.9 Å². The highest BCUT2D eigenvalue weighted by Gasteiger charge is 1.99. The molecule has 5 heteroatoms. The minimum Gasteiger partial charge on any atom is -0.492 e. The minimum atomic E-state index is 0.532. The van der Waals surface area contributed by atoms with Crippen molar-refractivity contribution >= 4 is 21.7 Å². The van der Waals surface area contributed by atoms with Crippen molar-refractivity contribution in [1.82, 2.24) is 9.78 Å². The van der Waals surface area contributed by atoms with Crippen LogP contribution in [0, 0.1) is 6.92 Å². The van der Waals surface area contributed by atoms with Gasteiger partial charge >= 0.3 is 0 Å². The Labute approximate surface area is 109 Å². The maximum Gasteiger partial charge on any atom is 0.145 e. The van der Waals surface area contributed by atoms with Crippen LogP contribution in [0.1, 0.15) is 5.56 Å². The Morgan fingerprint density at radius 1 is 1.41 bits per heavy atom. The van der Waals surface area contributed by atoms with Crippen LogP contribution in [-0.4, -0.2) is 16.4 Å². The summed E-state index contributed by atoms with van der Waals surface area (Å²) in [6.45, 7) is 3.29. The Hall–Kier alpha value is -1.49. The van der Waals surface area contributed by atoms with Gasteiger partial charge in [0, 0.05) is 10.7 Å². The largest absolute Gasteiger partial charge is 0.492 e. The second-order valence-electron chi connectivity index (χ2n) is 3.76. The average Bonchev–Trinajstić information content (AvgIpc) is 2.70. The van der Waals surface area contributed by atoms with Crippen LogP contribution in [0.15, 0.2) is 34.9 Å². The van der Waals surface area contributed by atoms with Gasteiger partial charge in [0.2, 0.25) is 0 Å². The first-order valence-corrected chi connectivity index (χ1v) is 6.12. The van der Waals surface area contributed by atoms with Gasteiger partial charge in [0.15, 0.2) is 0 Å². The maximum absolute atomic E-state index is 5.63. The van der Waals surface area contributed by atoms with Gasteiger partial charge in [-0.15, -0.1) is 0 Å². The quantitative estimate of drug-likeness (QED) is 0.943. The lowest BCUT2D eigenvalue weighted by molar-refractivity contribution is 0.291. The van der Waals surface area contributed by atoms with Gasteiger partial charge in [0.25, 0.3) is 0 Å². The SMILES string of the molecule is Cc1cc(OCCn2ccc(N)n2)ccc1Br. The van der Waals surface area contributed by atoms with Crippen molar-refractivity contribution in [3.8, 4) is 5.75 Å². The first-order valence-electron chi connectivity index (χ1n) is 5.33. The molecule has 1 aromatic heterocycles. The van der Waals surface area contributed by atoms with Gasteiger partial charge < -0.3 is 10.5 Å². The summed E-state index contributed by atoms with van der Waals surface area (Å²) in [5.41, 5.74) is 6.68. The standard InChI is InChI=1S/C12H14BrN3O/c1-9-8-10(2-3-11(9)13)17-7-6-16-5-4-12(14)15-16/h2-5,8H,6-7H2,1H3,(H2,14,15). The average molecular weight is 296 g/mol. The number of rotatable bonds is 4. The number of hydrogen-bond donors (Lipinski definition) is 1. The lowest BCUT2D eigenvalue weighted by Crippen LogP contribution is -2.09. The monoisotopic (exact) mass is 295 g/mol. The van der Waals surface area contributed by atoms with Crippen LogP contribution in [0.25, 0.3) is 0 Å². The van der Waals surface area contributed by atoms with Gasteiger partial charge in [-0.05, 0) is 36.8 Å². The van der Waals surface area contributed by atoms with Crippen molar-refractivity contribution in [1.29, 1.82) is 0 Å². The number of halogens is 1. The molecule has 1 aromatic carbocycles. The molecule has 2 N–H and O–H groups in total. The first kappa shape index (κ1) is 12.0. The van der Waals surface area contributed by atoms with Crippen LogP contribution in [-0.2, 0) is 6.54 Å². The number of nitrogen functional groups attached to an aromatic ring is 1. The fraction of sp³-hybridized carbons (Fsp3) is 0.250. The van der Waals surface area contributed by atoms with Crippen LogP contribution < -0.4 is 10.5 Å². The van der Waals surface area contributed by atoms with Crippen LogP contribution in [0.2, 0.25) is 0 Å². The number of ether oxygens (including phenoxy) is 1. The number of nitrogens with two attached hydrogens (primary N) is 1. The van der Waals surface area contributed by atoms with E-state index in [1.54, 1.807) is 10.7 Å². The van der Waals surface area contributed by atoms with E-state index in [0.717, 1.165) is 15.8 Å². The molecule has 0 unspecified atom stereocenters. The van der Waals surface area contributed by atoms with Gasteiger partial charge in [-0.25, -0.2) is 0 Å². The summed E-state index contributed by atoms with van der Waals surface area (Å²) in [6, 6.07) is 7.69. The van der Waals surface area contributed by atoms with Crippen LogP contribution in [0.4, 0.5) is 5.82 Å². The molecule has 17 heavy (non-hydrogen) atoms. The Morgan fingerprint density at radius 3 is 2.88 bits per heavy atom.